The van der Waals surface area contributed by atoms with Gasteiger partial charge in [0.05, 0.1) is 0 Å². The van der Waals surface area contributed by atoms with Crippen molar-refractivity contribution in [3.05, 3.63) is 71.3 Å². The highest BCUT2D eigenvalue weighted by atomic mass is 32.2. The number of ketones is 1. The normalized spacial score (nSPS) is 10.9. The average Bonchev–Trinajstić information content (AvgIpc) is 2.48. The summed E-state index contributed by atoms with van der Waals surface area (Å²) in [7, 11) is 0. The van der Waals surface area contributed by atoms with E-state index in [4.69, 9.17) is 0 Å². The molecule has 0 saturated heterocycles. The third-order valence-electron chi connectivity index (χ3n) is 2.75. The smallest absolute Gasteiger partial charge is 0.185 e. The highest BCUT2D eigenvalue weighted by Crippen LogP contribution is 2.16. The summed E-state index contributed by atoms with van der Waals surface area (Å²) in [6.45, 7) is 0. The van der Waals surface area contributed by atoms with Gasteiger partial charge in [0.15, 0.2) is 17.4 Å². The topological polar surface area (TPSA) is 17.1 Å². The molecule has 0 aliphatic rings. The van der Waals surface area contributed by atoms with Crippen LogP contribution < -0.4 is 0 Å². The summed E-state index contributed by atoms with van der Waals surface area (Å²) >= 11 is 1.63. The lowest BCUT2D eigenvalue weighted by atomic mass is 10.1. The maximum Gasteiger partial charge on any atom is 0.185 e. The van der Waals surface area contributed by atoms with Crippen molar-refractivity contribution in [1.29, 1.82) is 0 Å². The third-order valence-corrected chi connectivity index (χ3v) is 3.49. The van der Waals surface area contributed by atoms with Gasteiger partial charge >= 0.3 is 0 Å². The van der Waals surface area contributed by atoms with Crippen molar-refractivity contribution < 1.29 is 13.6 Å². The van der Waals surface area contributed by atoms with Gasteiger partial charge in [-0.1, -0.05) is 18.2 Å². The van der Waals surface area contributed by atoms with Gasteiger partial charge in [0.2, 0.25) is 0 Å². The fourth-order valence-electron chi connectivity index (χ4n) is 1.63. The Hall–Kier alpha value is -1.94. The number of rotatable bonds is 4. The summed E-state index contributed by atoms with van der Waals surface area (Å²) in [5, 5.41) is 0. The van der Waals surface area contributed by atoms with E-state index in [1.165, 1.54) is 12.1 Å². The number of hydrogen-bond acceptors (Lipinski definition) is 2. The minimum Gasteiger partial charge on any atom is -0.289 e. The monoisotopic (exact) mass is 290 g/mol. The van der Waals surface area contributed by atoms with Crippen molar-refractivity contribution >= 4 is 23.6 Å². The number of carbonyl (C=O) groups is 1. The number of benzene rings is 2. The molecule has 0 heterocycles. The standard InChI is InChI=1S/C16H12F2OS/c1-20-13-6-2-11(3-7-13)4-9-16(19)12-5-8-14(17)15(18)10-12/h2-10H,1H3/b9-4+. The van der Waals surface area contributed by atoms with Gasteiger partial charge in [0.1, 0.15) is 0 Å². The van der Waals surface area contributed by atoms with E-state index in [9.17, 15) is 13.6 Å². The Bertz CT molecular complexity index is 648. The molecule has 0 aliphatic carbocycles. The van der Waals surface area contributed by atoms with Crippen LogP contribution in [0.1, 0.15) is 15.9 Å². The highest BCUT2D eigenvalue weighted by molar-refractivity contribution is 7.98. The van der Waals surface area contributed by atoms with Crippen molar-refractivity contribution in [1.82, 2.24) is 0 Å². The van der Waals surface area contributed by atoms with E-state index < -0.39 is 11.6 Å². The number of hydrogen-bond donors (Lipinski definition) is 0. The molecule has 0 fully saturated rings. The molecule has 0 aromatic heterocycles. The minimum atomic E-state index is -1.02. The highest BCUT2D eigenvalue weighted by Gasteiger charge is 2.06. The second-order valence-corrected chi connectivity index (χ2v) is 4.98. The summed E-state index contributed by atoms with van der Waals surface area (Å²) in [5.41, 5.74) is 1.000. The van der Waals surface area contributed by atoms with Gasteiger partial charge in [0.25, 0.3) is 0 Å². The van der Waals surface area contributed by atoms with Crippen molar-refractivity contribution in [2.75, 3.05) is 6.26 Å². The zero-order chi connectivity index (χ0) is 14.5. The molecule has 4 heteroatoms. The molecule has 2 aromatic rings. The molecule has 0 radical (unpaired) electrons. The molecule has 0 saturated carbocycles. The van der Waals surface area contributed by atoms with Gasteiger partial charge in [-0.25, -0.2) is 8.78 Å². The molecule has 0 amide bonds. The Morgan fingerprint density at radius 1 is 1.05 bits per heavy atom. The first-order valence-electron chi connectivity index (χ1n) is 5.91. The molecule has 1 nitrogen and oxygen atoms in total. The Kier molecular flexibility index (Phi) is 4.69. The largest absolute Gasteiger partial charge is 0.289 e. The number of carbonyl (C=O) groups excluding carboxylic acids is 1. The maximum atomic E-state index is 13.0. The van der Waals surface area contributed by atoms with E-state index in [2.05, 4.69) is 0 Å². The summed E-state index contributed by atoms with van der Waals surface area (Å²) in [6, 6.07) is 10.8. The van der Waals surface area contributed by atoms with Crippen LogP contribution >= 0.6 is 11.8 Å². The predicted molar refractivity (Wildman–Crippen MR) is 77.9 cm³/mol. The lowest BCUT2D eigenvalue weighted by Crippen LogP contribution is -1.96. The molecule has 0 N–H and O–H groups in total. The first kappa shape index (κ1) is 14.5. The van der Waals surface area contributed by atoms with Gasteiger partial charge < -0.3 is 0 Å². The summed E-state index contributed by atoms with van der Waals surface area (Å²) in [5.74, 6) is -2.34. The van der Waals surface area contributed by atoms with E-state index in [1.54, 1.807) is 17.8 Å². The first-order valence-corrected chi connectivity index (χ1v) is 7.14. The molecule has 0 spiro atoms. The van der Waals surface area contributed by atoms with Crippen molar-refractivity contribution in [3.8, 4) is 0 Å². The number of allylic oxidation sites excluding steroid dienone is 1. The maximum absolute atomic E-state index is 13.0. The summed E-state index contributed by atoms with van der Waals surface area (Å²) in [6.07, 6.45) is 4.98. The second-order valence-electron chi connectivity index (χ2n) is 4.10. The molecular formula is C16H12F2OS. The fraction of sp³-hybridized carbons (Fsp3) is 0.0625. The average molecular weight is 290 g/mol. The van der Waals surface area contributed by atoms with Gasteiger partial charge in [-0.05, 0) is 48.2 Å². The van der Waals surface area contributed by atoms with Crippen LogP contribution in [0.15, 0.2) is 53.4 Å². The zero-order valence-electron chi connectivity index (χ0n) is 10.8. The van der Waals surface area contributed by atoms with Crippen LogP contribution in [0.25, 0.3) is 6.08 Å². The van der Waals surface area contributed by atoms with E-state index in [0.29, 0.717) is 0 Å². The lowest BCUT2D eigenvalue weighted by molar-refractivity contribution is 0.104. The molecule has 0 unspecified atom stereocenters. The van der Waals surface area contributed by atoms with Crippen LogP contribution in [0, 0.1) is 11.6 Å². The third kappa shape index (κ3) is 3.54. The molecule has 0 bridgehead atoms. The number of thioether (sulfide) groups is 1. The van der Waals surface area contributed by atoms with Crippen LogP contribution in [0.3, 0.4) is 0 Å². The van der Waals surface area contributed by atoms with Gasteiger partial charge in [0, 0.05) is 10.5 Å². The summed E-state index contributed by atoms with van der Waals surface area (Å²) in [4.78, 5) is 13.0. The van der Waals surface area contributed by atoms with Crippen LogP contribution in [0.4, 0.5) is 8.78 Å². The SMILES string of the molecule is CSc1ccc(/C=C/C(=O)c2ccc(F)c(F)c2)cc1. The van der Waals surface area contributed by atoms with Crippen molar-refractivity contribution in [2.45, 2.75) is 4.90 Å². The zero-order valence-corrected chi connectivity index (χ0v) is 11.6. The Labute approximate surface area is 120 Å². The molecule has 0 atom stereocenters. The quantitative estimate of drug-likeness (QED) is 0.465. The van der Waals surface area contributed by atoms with Crippen LogP contribution in [-0.2, 0) is 0 Å². The van der Waals surface area contributed by atoms with Gasteiger partial charge in [-0.3, -0.25) is 4.79 Å². The second kappa shape index (κ2) is 6.48. The van der Waals surface area contributed by atoms with Gasteiger partial charge in [-0.15, -0.1) is 11.8 Å². The molecule has 2 rings (SSSR count). The van der Waals surface area contributed by atoms with Crippen molar-refractivity contribution in [2.24, 2.45) is 0 Å². The first-order chi connectivity index (χ1) is 9.60. The molecule has 2 aromatic carbocycles. The molecule has 0 aliphatic heterocycles. The number of halogens is 2. The summed E-state index contributed by atoms with van der Waals surface area (Å²) < 4.78 is 25.8. The van der Waals surface area contributed by atoms with Gasteiger partial charge in [-0.2, -0.15) is 0 Å². The predicted octanol–water partition coefficient (Wildman–Crippen LogP) is 4.58. The fourth-order valence-corrected chi connectivity index (χ4v) is 2.04. The van der Waals surface area contributed by atoms with Crippen molar-refractivity contribution in [3.63, 3.8) is 0 Å². The van der Waals surface area contributed by atoms with E-state index >= 15 is 0 Å². The molecule has 102 valence electrons. The van der Waals surface area contributed by atoms with Crippen LogP contribution in [0.5, 0.6) is 0 Å². The lowest BCUT2D eigenvalue weighted by Gasteiger charge is -1.98. The van der Waals surface area contributed by atoms with E-state index in [-0.39, 0.29) is 11.3 Å². The molecular weight excluding hydrogens is 278 g/mol. The van der Waals surface area contributed by atoms with E-state index in [0.717, 1.165) is 22.6 Å². The Balaban J connectivity index is 2.13. The van der Waals surface area contributed by atoms with E-state index in [1.807, 2.05) is 30.5 Å². The molecule has 20 heavy (non-hydrogen) atoms. The Morgan fingerprint density at radius 3 is 2.35 bits per heavy atom. The minimum absolute atomic E-state index is 0.126. The van der Waals surface area contributed by atoms with Crippen LogP contribution in [-0.4, -0.2) is 12.0 Å². The Morgan fingerprint density at radius 2 is 1.75 bits per heavy atom. The van der Waals surface area contributed by atoms with Crippen LogP contribution in [0.2, 0.25) is 0 Å².